The first kappa shape index (κ1) is 32.0. The number of para-hydroxylation sites is 1. The molecule has 0 spiro atoms. The Labute approximate surface area is 258 Å². The molecule has 3 aromatic rings. The van der Waals surface area contributed by atoms with Gasteiger partial charge in [-0.2, -0.15) is 0 Å². The minimum Gasteiger partial charge on any atom is -0.494 e. The first-order valence-electron chi connectivity index (χ1n) is 14.2. The van der Waals surface area contributed by atoms with Crippen LogP contribution in [0.15, 0.2) is 30.5 Å². The highest BCUT2D eigenvalue weighted by molar-refractivity contribution is 7.15. The molecular formula is C27H37B3N8O4S. The van der Waals surface area contributed by atoms with Crippen LogP contribution in [0.25, 0.3) is 10.6 Å². The van der Waals surface area contributed by atoms with Gasteiger partial charge in [-0.25, -0.2) is 4.98 Å². The number of nitrogens with one attached hydrogen (secondary N) is 4. The van der Waals surface area contributed by atoms with Crippen molar-refractivity contribution in [2.24, 2.45) is 5.92 Å². The summed E-state index contributed by atoms with van der Waals surface area (Å²) in [5.74, 6) is 0.143. The molecule has 3 amide bonds. The molecule has 4 N–H and O–H groups in total. The zero-order valence-electron chi connectivity index (χ0n) is 25.5. The van der Waals surface area contributed by atoms with E-state index in [4.69, 9.17) is 4.74 Å². The van der Waals surface area contributed by atoms with Crippen molar-refractivity contribution in [1.29, 1.82) is 0 Å². The number of nitrogens with zero attached hydrogens (tertiary/aromatic N) is 4. The normalized spacial score (nSPS) is 12.9. The molecule has 0 radical (unpaired) electrons. The third-order valence-corrected chi connectivity index (χ3v) is 7.44. The van der Waals surface area contributed by atoms with Gasteiger partial charge >= 0.3 is 0 Å². The first-order valence-corrected chi connectivity index (χ1v) is 15.1. The fourth-order valence-electron chi connectivity index (χ4n) is 4.22. The number of amides is 3. The number of carbonyl (C=O) groups is 3. The SMILES string of the molecule is BC(B)(B)NC(=O)c1nnc(NC(=O)C2CC2)cc1Nc1cccc(-c2ncc(CC(=O)NCCCN(C)C)s2)c1OC. The minimum absolute atomic E-state index is 0.0174. The lowest BCUT2D eigenvalue weighted by Gasteiger charge is -2.22. The summed E-state index contributed by atoms with van der Waals surface area (Å²) < 4.78 is 5.81. The number of methoxy groups -OCH3 is 1. The highest BCUT2D eigenvalue weighted by Gasteiger charge is 2.30. The maximum absolute atomic E-state index is 13.2. The van der Waals surface area contributed by atoms with E-state index in [0.717, 1.165) is 36.2 Å². The van der Waals surface area contributed by atoms with Crippen molar-refractivity contribution in [3.63, 3.8) is 0 Å². The summed E-state index contributed by atoms with van der Waals surface area (Å²) >= 11 is 1.41. The number of carbonyl (C=O) groups excluding carboxylic acids is 3. The Bertz CT molecular complexity index is 1480. The number of benzene rings is 1. The van der Waals surface area contributed by atoms with E-state index in [2.05, 4.69) is 41.3 Å². The predicted molar refractivity (Wildman–Crippen MR) is 176 cm³/mol. The van der Waals surface area contributed by atoms with E-state index in [9.17, 15) is 14.4 Å². The maximum Gasteiger partial charge on any atom is 0.272 e. The molecule has 1 aromatic carbocycles. The number of ether oxygens (including phenoxy) is 1. The van der Waals surface area contributed by atoms with Crippen molar-refractivity contribution in [2.75, 3.05) is 44.9 Å². The van der Waals surface area contributed by atoms with Crippen molar-refractivity contribution in [3.05, 3.63) is 41.0 Å². The van der Waals surface area contributed by atoms with Gasteiger partial charge in [-0.3, -0.25) is 14.4 Å². The predicted octanol–water partition coefficient (Wildman–Crippen LogP) is -0.448. The fraction of sp³-hybridized carbons (Fsp3) is 0.407. The lowest BCUT2D eigenvalue weighted by Crippen LogP contribution is -2.50. The van der Waals surface area contributed by atoms with Gasteiger partial charge in [0.05, 0.1) is 30.5 Å². The Kier molecular flexibility index (Phi) is 10.5. The second-order valence-electron chi connectivity index (χ2n) is 11.8. The van der Waals surface area contributed by atoms with Crippen LogP contribution >= 0.6 is 11.3 Å². The van der Waals surface area contributed by atoms with E-state index in [1.807, 2.05) is 55.8 Å². The monoisotopic (exact) mass is 602 g/mol. The van der Waals surface area contributed by atoms with Crippen molar-refractivity contribution in [1.82, 2.24) is 30.7 Å². The minimum atomic E-state index is -0.502. The number of anilines is 3. The quantitative estimate of drug-likeness (QED) is 0.142. The second-order valence-corrected chi connectivity index (χ2v) is 12.9. The van der Waals surface area contributed by atoms with Crippen LogP contribution in [0.4, 0.5) is 17.2 Å². The number of hydrogen-bond acceptors (Lipinski definition) is 10. The van der Waals surface area contributed by atoms with Gasteiger partial charge in [-0.15, -0.1) is 21.5 Å². The van der Waals surface area contributed by atoms with E-state index in [-0.39, 0.29) is 35.7 Å². The third-order valence-electron chi connectivity index (χ3n) is 6.41. The number of hydrogen-bond donors (Lipinski definition) is 4. The Morgan fingerprint density at radius 3 is 2.58 bits per heavy atom. The van der Waals surface area contributed by atoms with Gasteiger partial charge in [0.25, 0.3) is 5.91 Å². The van der Waals surface area contributed by atoms with Crippen molar-refractivity contribution >= 4 is 69.8 Å². The molecule has 0 unspecified atom stereocenters. The van der Waals surface area contributed by atoms with E-state index in [0.29, 0.717) is 28.7 Å². The van der Waals surface area contributed by atoms with Crippen LogP contribution in [0.5, 0.6) is 5.75 Å². The van der Waals surface area contributed by atoms with E-state index >= 15 is 0 Å². The summed E-state index contributed by atoms with van der Waals surface area (Å²) in [6.07, 6.45) is 4.52. The van der Waals surface area contributed by atoms with Crippen LogP contribution in [-0.2, 0) is 16.0 Å². The van der Waals surface area contributed by atoms with Gasteiger partial charge < -0.3 is 30.9 Å². The van der Waals surface area contributed by atoms with Crippen LogP contribution < -0.4 is 26.0 Å². The van der Waals surface area contributed by atoms with Crippen LogP contribution in [0.3, 0.4) is 0 Å². The molecule has 0 saturated heterocycles. The molecule has 2 heterocycles. The molecule has 43 heavy (non-hydrogen) atoms. The Morgan fingerprint density at radius 1 is 1.14 bits per heavy atom. The van der Waals surface area contributed by atoms with Gasteiger partial charge in [0.2, 0.25) is 11.8 Å². The average Bonchev–Trinajstić information content (AvgIpc) is 3.69. The zero-order chi connectivity index (χ0) is 31.1. The highest BCUT2D eigenvalue weighted by atomic mass is 32.1. The van der Waals surface area contributed by atoms with Gasteiger partial charge in [0.15, 0.2) is 17.3 Å². The summed E-state index contributed by atoms with van der Waals surface area (Å²) in [7, 11) is 11.2. The third kappa shape index (κ3) is 9.29. The summed E-state index contributed by atoms with van der Waals surface area (Å²) in [4.78, 5) is 45.4. The van der Waals surface area contributed by atoms with Crippen LogP contribution in [0, 0.1) is 5.92 Å². The molecule has 1 aliphatic rings. The molecule has 1 saturated carbocycles. The summed E-state index contributed by atoms with van der Waals surface area (Å²) in [5.41, 5.74) is 1.71. The summed E-state index contributed by atoms with van der Waals surface area (Å²) in [6, 6.07) is 7.13. The maximum atomic E-state index is 13.2. The van der Waals surface area contributed by atoms with E-state index in [1.54, 1.807) is 19.4 Å². The smallest absolute Gasteiger partial charge is 0.272 e. The Balaban J connectivity index is 1.57. The summed E-state index contributed by atoms with van der Waals surface area (Å²) in [6.45, 7) is 1.53. The van der Waals surface area contributed by atoms with E-state index in [1.165, 1.54) is 11.3 Å². The van der Waals surface area contributed by atoms with Crippen LogP contribution in [0.2, 0.25) is 0 Å². The second kappa shape index (κ2) is 14.0. The summed E-state index contributed by atoms with van der Waals surface area (Å²) in [5, 5.41) is 20.4. The molecule has 0 aliphatic heterocycles. The standard InChI is InChI=1S/C27H37B3N8O4S/c1-38(2)11-5-10-31-21(39)12-16-14-32-26(43-16)17-6-4-7-18(23(17)42-3)33-19-13-20(34-24(40)15-8-9-15)36-37-22(19)25(41)35-27(28,29)30/h4,6-7,13-15H,5,8-12,28-30H2,1-3H3,(H,31,39)(H,35,41)(H2,33,34,36,40). The zero-order valence-corrected chi connectivity index (χ0v) is 26.4. The van der Waals surface area contributed by atoms with Crippen molar-refractivity contribution < 1.29 is 19.1 Å². The largest absolute Gasteiger partial charge is 0.494 e. The molecule has 1 aliphatic carbocycles. The fourth-order valence-corrected chi connectivity index (χ4v) is 5.15. The van der Waals surface area contributed by atoms with Crippen molar-refractivity contribution in [2.45, 2.75) is 30.9 Å². The Hall–Kier alpha value is -3.91. The number of rotatable bonds is 14. The van der Waals surface area contributed by atoms with Crippen LogP contribution in [-0.4, -0.2) is 101 Å². The van der Waals surface area contributed by atoms with Gasteiger partial charge in [0, 0.05) is 29.6 Å². The topological polar surface area (TPSA) is 150 Å². The number of thiazole rings is 1. The van der Waals surface area contributed by atoms with Crippen LogP contribution in [0.1, 0.15) is 34.6 Å². The lowest BCUT2D eigenvalue weighted by atomic mass is 9.49. The van der Waals surface area contributed by atoms with Crippen molar-refractivity contribution in [3.8, 4) is 16.3 Å². The lowest BCUT2D eigenvalue weighted by molar-refractivity contribution is -0.120. The number of aromatic nitrogens is 3. The van der Waals surface area contributed by atoms with Gasteiger partial charge in [-0.05, 0) is 57.3 Å². The molecule has 12 nitrogen and oxygen atoms in total. The molecule has 2 aromatic heterocycles. The molecule has 0 atom stereocenters. The molecule has 1 fully saturated rings. The van der Waals surface area contributed by atoms with Gasteiger partial charge in [0.1, 0.15) is 28.5 Å². The first-order chi connectivity index (χ1) is 20.4. The van der Waals surface area contributed by atoms with E-state index < -0.39 is 11.1 Å². The molecular weight excluding hydrogens is 565 g/mol. The molecule has 0 bridgehead atoms. The molecule has 16 heteroatoms. The van der Waals surface area contributed by atoms with Gasteiger partial charge in [-0.1, -0.05) is 6.07 Å². The average molecular weight is 602 g/mol. The highest BCUT2D eigenvalue weighted by Crippen LogP contribution is 2.40. The Morgan fingerprint density at radius 2 is 1.91 bits per heavy atom. The molecule has 4 rings (SSSR count). The molecule has 224 valence electrons.